The molecule has 2 heteroatoms. The summed E-state index contributed by atoms with van der Waals surface area (Å²) in [5.41, 5.74) is 2.56. The first-order valence-electron chi connectivity index (χ1n) is 10.5. The summed E-state index contributed by atoms with van der Waals surface area (Å²) in [5.74, 6) is 0.209. The van der Waals surface area contributed by atoms with Crippen LogP contribution < -0.4 is 0 Å². The average Bonchev–Trinajstić information content (AvgIpc) is 2.50. The molecule has 0 fully saturated rings. The van der Waals surface area contributed by atoms with Crippen LogP contribution in [0.2, 0.25) is 0 Å². The van der Waals surface area contributed by atoms with Crippen molar-refractivity contribution in [2.45, 2.75) is 106 Å². The highest BCUT2D eigenvalue weighted by Gasteiger charge is 2.13. The van der Waals surface area contributed by atoms with Crippen LogP contribution in [-0.4, -0.2) is 10.2 Å². The zero-order chi connectivity index (χ0) is 19.8. The summed E-state index contributed by atoms with van der Waals surface area (Å²) in [7, 11) is 0. The minimum absolute atomic E-state index is 0.105. The van der Waals surface area contributed by atoms with Gasteiger partial charge in [-0.1, -0.05) is 79.4 Å². The fourth-order valence-corrected chi connectivity index (χ4v) is 3.36. The Hall–Kier alpha value is -1.18. The highest BCUT2D eigenvalue weighted by Crippen LogP contribution is 2.35. The first-order valence-corrected chi connectivity index (χ1v) is 10.5. The molecular weight excluding hydrogens is 320 g/mol. The van der Waals surface area contributed by atoms with Crippen molar-refractivity contribution in [1.82, 2.24) is 0 Å². The predicted molar refractivity (Wildman–Crippen MR) is 113 cm³/mol. The van der Waals surface area contributed by atoms with Crippen LogP contribution in [0.4, 0.5) is 0 Å². The van der Waals surface area contributed by atoms with Gasteiger partial charge in [-0.05, 0) is 60.5 Å². The SMILES string of the molecule is CC(C)(C)CCCCCc1ccc(CCCCCC(C)(C)C)c(O)c1O. The average molecular weight is 363 g/mol. The first kappa shape index (κ1) is 22.9. The van der Waals surface area contributed by atoms with Gasteiger partial charge in [0.2, 0.25) is 0 Å². The zero-order valence-electron chi connectivity index (χ0n) is 18.1. The monoisotopic (exact) mass is 362 g/mol. The van der Waals surface area contributed by atoms with Gasteiger partial charge in [-0.25, -0.2) is 0 Å². The molecule has 0 atom stereocenters. The van der Waals surface area contributed by atoms with E-state index in [1.807, 2.05) is 12.1 Å². The molecule has 0 aromatic heterocycles. The van der Waals surface area contributed by atoms with Crippen LogP contribution >= 0.6 is 0 Å². The summed E-state index contributed by atoms with van der Waals surface area (Å²) in [6, 6.07) is 4.01. The third-order valence-electron chi connectivity index (χ3n) is 5.06. The van der Waals surface area contributed by atoms with E-state index in [-0.39, 0.29) is 11.5 Å². The van der Waals surface area contributed by atoms with Crippen molar-refractivity contribution >= 4 is 0 Å². The van der Waals surface area contributed by atoms with E-state index < -0.39 is 0 Å². The second-order valence-electron chi connectivity index (χ2n) is 10.3. The number of aromatic hydroxyl groups is 2. The molecule has 0 aliphatic rings. The molecule has 0 aliphatic heterocycles. The van der Waals surface area contributed by atoms with Gasteiger partial charge in [0.1, 0.15) is 0 Å². The summed E-state index contributed by atoms with van der Waals surface area (Å²) in [6.07, 6.45) is 11.1. The highest BCUT2D eigenvalue weighted by molar-refractivity contribution is 5.50. The van der Waals surface area contributed by atoms with Gasteiger partial charge in [0, 0.05) is 0 Å². The molecule has 2 N–H and O–H groups in total. The van der Waals surface area contributed by atoms with Gasteiger partial charge in [-0.15, -0.1) is 0 Å². The smallest absolute Gasteiger partial charge is 0.160 e. The second kappa shape index (κ2) is 10.2. The lowest BCUT2D eigenvalue weighted by Gasteiger charge is -2.18. The largest absolute Gasteiger partial charge is 0.504 e. The van der Waals surface area contributed by atoms with Crippen molar-refractivity contribution in [1.29, 1.82) is 0 Å². The Balaban J connectivity index is 2.40. The summed E-state index contributed by atoms with van der Waals surface area (Å²) in [4.78, 5) is 0. The molecule has 0 bridgehead atoms. The predicted octanol–water partition coefficient (Wildman–Crippen LogP) is 7.40. The van der Waals surface area contributed by atoms with Crippen molar-refractivity contribution in [2.75, 3.05) is 0 Å². The maximum absolute atomic E-state index is 10.3. The highest BCUT2D eigenvalue weighted by atomic mass is 16.3. The third-order valence-corrected chi connectivity index (χ3v) is 5.06. The molecule has 0 spiro atoms. The number of unbranched alkanes of at least 4 members (excludes halogenated alkanes) is 4. The summed E-state index contributed by atoms with van der Waals surface area (Å²) < 4.78 is 0. The van der Waals surface area contributed by atoms with Crippen LogP contribution in [0.3, 0.4) is 0 Å². The van der Waals surface area contributed by atoms with E-state index in [4.69, 9.17) is 0 Å². The van der Waals surface area contributed by atoms with Gasteiger partial charge in [-0.3, -0.25) is 0 Å². The number of phenols is 2. The third kappa shape index (κ3) is 9.50. The second-order valence-corrected chi connectivity index (χ2v) is 10.3. The van der Waals surface area contributed by atoms with Crippen molar-refractivity contribution in [2.24, 2.45) is 10.8 Å². The van der Waals surface area contributed by atoms with Crippen molar-refractivity contribution < 1.29 is 10.2 Å². The van der Waals surface area contributed by atoms with Gasteiger partial charge in [-0.2, -0.15) is 0 Å². The lowest BCUT2D eigenvalue weighted by Crippen LogP contribution is -2.04. The molecule has 0 heterocycles. The molecule has 26 heavy (non-hydrogen) atoms. The van der Waals surface area contributed by atoms with E-state index in [2.05, 4.69) is 41.5 Å². The molecule has 0 aliphatic carbocycles. The number of hydrogen-bond acceptors (Lipinski definition) is 2. The van der Waals surface area contributed by atoms with Crippen LogP contribution in [0.5, 0.6) is 11.5 Å². The molecular formula is C24H42O2. The molecule has 1 aromatic carbocycles. The number of aryl methyl sites for hydroxylation is 2. The van der Waals surface area contributed by atoms with Gasteiger partial charge in [0.15, 0.2) is 11.5 Å². The molecule has 0 unspecified atom stereocenters. The normalized spacial score (nSPS) is 12.5. The minimum atomic E-state index is 0.105. The fourth-order valence-electron chi connectivity index (χ4n) is 3.36. The Morgan fingerprint density at radius 3 is 1.23 bits per heavy atom. The maximum Gasteiger partial charge on any atom is 0.160 e. The Morgan fingerprint density at radius 1 is 0.577 bits per heavy atom. The Kier molecular flexibility index (Phi) is 9.00. The molecule has 1 rings (SSSR count). The molecule has 150 valence electrons. The lowest BCUT2D eigenvalue weighted by atomic mass is 9.89. The number of benzene rings is 1. The standard InChI is InChI=1S/C24H42O2/c1-23(2,3)17-11-7-9-13-19-15-16-20(22(26)21(19)25)14-10-8-12-18-24(4,5)6/h15-16,25-26H,7-14,17-18H2,1-6H3. The molecule has 0 saturated heterocycles. The van der Waals surface area contributed by atoms with E-state index in [1.165, 1.54) is 38.5 Å². The van der Waals surface area contributed by atoms with Crippen LogP contribution in [0.1, 0.15) is 104 Å². The van der Waals surface area contributed by atoms with Gasteiger partial charge in [0.25, 0.3) is 0 Å². The molecule has 2 nitrogen and oxygen atoms in total. The fraction of sp³-hybridized carbons (Fsp3) is 0.750. The molecule has 0 amide bonds. The number of rotatable bonds is 10. The summed E-state index contributed by atoms with van der Waals surface area (Å²) in [5, 5.41) is 20.6. The molecule has 1 aromatic rings. The van der Waals surface area contributed by atoms with E-state index >= 15 is 0 Å². The van der Waals surface area contributed by atoms with Crippen molar-refractivity contribution in [3.63, 3.8) is 0 Å². The van der Waals surface area contributed by atoms with E-state index in [0.29, 0.717) is 10.8 Å². The van der Waals surface area contributed by atoms with Gasteiger partial charge >= 0.3 is 0 Å². The zero-order valence-corrected chi connectivity index (χ0v) is 18.1. The summed E-state index contributed by atoms with van der Waals surface area (Å²) >= 11 is 0. The van der Waals surface area contributed by atoms with Crippen LogP contribution in [0.15, 0.2) is 12.1 Å². The Morgan fingerprint density at radius 2 is 0.923 bits per heavy atom. The number of phenolic OH excluding ortho intramolecular Hbond substituents is 2. The van der Waals surface area contributed by atoms with E-state index in [9.17, 15) is 10.2 Å². The van der Waals surface area contributed by atoms with Crippen molar-refractivity contribution in [3.05, 3.63) is 23.3 Å². The Bertz CT molecular complexity index is 483. The summed E-state index contributed by atoms with van der Waals surface area (Å²) in [6.45, 7) is 13.7. The van der Waals surface area contributed by atoms with Gasteiger partial charge in [0.05, 0.1) is 0 Å². The minimum Gasteiger partial charge on any atom is -0.504 e. The van der Waals surface area contributed by atoms with Crippen LogP contribution in [-0.2, 0) is 12.8 Å². The topological polar surface area (TPSA) is 40.5 Å². The quantitative estimate of drug-likeness (QED) is 0.336. The van der Waals surface area contributed by atoms with Crippen molar-refractivity contribution in [3.8, 4) is 11.5 Å². The molecule has 0 saturated carbocycles. The first-order chi connectivity index (χ1) is 12.0. The van der Waals surface area contributed by atoms with E-state index in [0.717, 1.165) is 36.8 Å². The Labute approximate surface area is 162 Å². The van der Waals surface area contributed by atoms with E-state index in [1.54, 1.807) is 0 Å². The molecule has 0 radical (unpaired) electrons. The van der Waals surface area contributed by atoms with Crippen LogP contribution in [0, 0.1) is 10.8 Å². The van der Waals surface area contributed by atoms with Crippen LogP contribution in [0.25, 0.3) is 0 Å². The number of hydrogen-bond donors (Lipinski definition) is 2. The maximum atomic E-state index is 10.3. The lowest BCUT2D eigenvalue weighted by molar-refractivity contribution is 0.356. The van der Waals surface area contributed by atoms with Gasteiger partial charge < -0.3 is 10.2 Å².